The first-order chi connectivity index (χ1) is 7.68. The van der Waals surface area contributed by atoms with Crippen molar-refractivity contribution in [3.8, 4) is 0 Å². The maximum Gasteiger partial charge on any atom is 0.195 e. The van der Waals surface area contributed by atoms with Crippen LogP contribution in [-0.2, 0) is 0 Å². The molecule has 16 heavy (non-hydrogen) atoms. The Bertz CT molecular complexity index is 493. The summed E-state index contributed by atoms with van der Waals surface area (Å²) in [5.74, 6) is -0.107. The Balaban J connectivity index is 2.23. The molecule has 0 fully saturated rings. The molecule has 1 unspecified atom stereocenters. The van der Waals surface area contributed by atoms with Crippen molar-refractivity contribution in [2.24, 2.45) is 0 Å². The minimum absolute atomic E-state index is 0.107. The second-order valence-corrected chi connectivity index (χ2v) is 5.39. The molecule has 0 spiro atoms. The minimum atomic E-state index is -0.643. The zero-order valence-electron chi connectivity index (χ0n) is 8.19. The van der Waals surface area contributed by atoms with Crippen LogP contribution in [0.4, 0.5) is 0 Å². The fourth-order valence-corrected chi connectivity index (χ4v) is 2.69. The van der Waals surface area contributed by atoms with Crippen LogP contribution in [0.5, 0.6) is 0 Å². The Morgan fingerprint density at radius 3 is 2.38 bits per heavy atom. The van der Waals surface area contributed by atoms with Crippen LogP contribution < -0.4 is 0 Å². The third-order valence-corrected chi connectivity index (χ3v) is 3.83. The summed E-state index contributed by atoms with van der Waals surface area (Å²) >= 11 is 13.1. The molecule has 0 aliphatic rings. The first kappa shape index (κ1) is 11.6. The molecule has 1 aromatic carbocycles. The van der Waals surface area contributed by atoms with Gasteiger partial charge in [0.15, 0.2) is 5.78 Å². The highest BCUT2D eigenvalue weighted by Gasteiger charge is 2.20. The number of alkyl halides is 1. The van der Waals surface area contributed by atoms with E-state index in [9.17, 15) is 4.79 Å². The number of hydrogen-bond donors (Lipinski definition) is 0. The van der Waals surface area contributed by atoms with Crippen LogP contribution in [0.15, 0.2) is 42.5 Å². The van der Waals surface area contributed by atoms with Crippen molar-refractivity contribution in [1.29, 1.82) is 0 Å². The van der Waals surface area contributed by atoms with Crippen molar-refractivity contribution in [3.05, 3.63) is 57.2 Å². The monoisotopic (exact) mass is 270 g/mol. The van der Waals surface area contributed by atoms with E-state index in [0.29, 0.717) is 9.21 Å². The molecule has 0 saturated carbocycles. The Morgan fingerprint density at radius 1 is 1.12 bits per heavy atom. The highest BCUT2D eigenvalue weighted by Crippen LogP contribution is 2.29. The Morgan fingerprint density at radius 2 is 1.81 bits per heavy atom. The highest BCUT2D eigenvalue weighted by atomic mass is 35.5. The lowest BCUT2D eigenvalue weighted by Gasteiger charge is -2.06. The molecule has 1 nitrogen and oxygen atoms in total. The topological polar surface area (TPSA) is 17.1 Å². The normalized spacial score (nSPS) is 12.4. The zero-order valence-corrected chi connectivity index (χ0v) is 10.5. The molecule has 82 valence electrons. The highest BCUT2D eigenvalue weighted by molar-refractivity contribution is 7.18. The van der Waals surface area contributed by atoms with Gasteiger partial charge < -0.3 is 0 Å². The number of thiophene rings is 1. The molecule has 1 aromatic heterocycles. The molecular formula is C12H8Cl2OS. The first-order valence-electron chi connectivity index (χ1n) is 4.67. The van der Waals surface area contributed by atoms with Crippen LogP contribution in [0.1, 0.15) is 20.6 Å². The van der Waals surface area contributed by atoms with E-state index in [1.165, 1.54) is 11.3 Å². The van der Waals surface area contributed by atoms with Gasteiger partial charge in [0.25, 0.3) is 0 Å². The molecule has 0 aliphatic carbocycles. The van der Waals surface area contributed by atoms with Crippen LogP contribution in [0, 0.1) is 0 Å². The van der Waals surface area contributed by atoms with Crippen LogP contribution in [-0.4, -0.2) is 5.78 Å². The summed E-state index contributed by atoms with van der Waals surface area (Å²) in [5.41, 5.74) is 0.804. The van der Waals surface area contributed by atoms with Gasteiger partial charge in [0.05, 0.1) is 9.21 Å². The lowest BCUT2D eigenvalue weighted by Crippen LogP contribution is -2.05. The number of rotatable bonds is 3. The molecule has 0 bridgehead atoms. The van der Waals surface area contributed by atoms with Crippen molar-refractivity contribution >= 4 is 40.3 Å². The zero-order chi connectivity index (χ0) is 11.5. The van der Waals surface area contributed by atoms with Gasteiger partial charge >= 0.3 is 0 Å². The predicted molar refractivity (Wildman–Crippen MR) is 68.7 cm³/mol. The molecule has 0 aliphatic heterocycles. The summed E-state index contributed by atoms with van der Waals surface area (Å²) in [6.45, 7) is 0. The van der Waals surface area contributed by atoms with E-state index >= 15 is 0 Å². The summed E-state index contributed by atoms with van der Waals surface area (Å²) in [7, 11) is 0. The SMILES string of the molecule is O=C(c1ccc(Cl)s1)C(Cl)c1ccccc1. The van der Waals surface area contributed by atoms with Gasteiger partial charge in [-0.1, -0.05) is 41.9 Å². The fraction of sp³-hybridized carbons (Fsp3) is 0.0833. The van der Waals surface area contributed by atoms with Gasteiger partial charge in [-0.25, -0.2) is 0 Å². The van der Waals surface area contributed by atoms with Crippen molar-refractivity contribution < 1.29 is 4.79 Å². The molecule has 0 N–H and O–H groups in total. The smallest absolute Gasteiger partial charge is 0.195 e. The molecule has 2 rings (SSSR count). The first-order valence-corrected chi connectivity index (χ1v) is 6.30. The van der Waals surface area contributed by atoms with Gasteiger partial charge in [-0.05, 0) is 17.7 Å². The largest absolute Gasteiger partial charge is 0.291 e. The van der Waals surface area contributed by atoms with E-state index in [2.05, 4.69) is 0 Å². The third-order valence-electron chi connectivity index (χ3n) is 2.14. The fourth-order valence-electron chi connectivity index (χ4n) is 1.34. The third kappa shape index (κ3) is 2.46. The molecule has 4 heteroatoms. The van der Waals surface area contributed by atoms with Gasteiger partial charge in [0.1, 0.15) is 5.38 Å². The summed E-state index contributed by atoms with van der Waals surface area (Å²) in [6, 6.07) is 12.7. The van der Waals surface area contributed by atoms with Gasteiger partial charge in [-0.2, -0.15) is 0 Å². The Kier molecular flexibility index (Phi) is 3.64. The van der Waals surface area contributed by atoms with Crippen molar-refractivity contribution in [2.75, 3.05) is 0 Å². The molecule has 1 atom stereocenters. The number of halogens is 2. The molecule has 0 amide bonds. The van der Waals surface area contributed by atoms with Crippen LogP contribution in [0.2, 0.25) is 4.34 Å². The van der Waals surface area contributed by atoms with E-state index in [1.807, 2.05) is 30.3 Å². The molecule has 1 heterocycles. The van der Waals surface area contributed by atoms with Gasteiger partial charge in [-0.3, -0.25) is 4.79 Å². The van der Waals surface area contributed by atoms with Crippen LogP contribution >= 0.6 is 34.5 Å². The maximum atomic E-state index is 12.0. The van der Waals surface area contributed by atoms with E-state index < -0.39 is 5.38 Å². The Labute approximate surface area is 108 Å². The number of benzene rings is 1. The maximum absolute atomic E-state index is 12.0. The van der Waals surface area contributed by atoms with E-state index in [0.717, 1.165) is 5.56 Å². The molecule has 0 radical (unpaired) electrons. The average Bonchev–Trinajstić information content (AvgIpc) is 2.75. The summed E-state index contributed by atoms with van der Waals surface area (Å²) in [4.78, 5) is 12.6. The quantitative estimate of drug-likeness (QED) is 0.590. The van der Waals surface area contributed by atoms with Crippen molar-refractivity contribution in [2.45, 2.75) is 5.38 Å². The average molecular weight is 271 g/mol. The summed E-state index contributed by atoms with van der Waals surface area (Å²) < 4.78 is 0.597. The van der Waals surface area contributed by atoms with Gasteiger partial charge in [0, 0.05) is 0 Å². The standard InChI is InChI=1S/C12H8Cl2OS/c13-10-7-6-9(16-10)12(15)11(14)8-4-2-1-3-5-8/h1-7,11H. The number of hydrogen-bond acceptors (Lipinski definition) is 2. The van der Waals surface area contributed by atoms with Crippen molar-refractivity contribution in [1.82, 2.24) is 0 Å². The summed E-state index contributed by atoms with van der Waals surface area (Å²) in [5, 5.41) is -0.643. The number of carbonyl (C=O) groups excluding carboxylic acids is 1. The van der Waals surface area contributed by atoms with Gasteiger partial charge in [-0.15, -0.1) is 22.9 Å². The number of ketones is 1. The van der Waals surface area contributed by atoms with E-state index in [4.69, 9.17) is 23.2 Å². The number of Topliss-reactive ketones (excluding diaryl/α,β-unsaturated/α-hetero) is 1. The Hall–Kier alpha value is -0.830. The second-order valence-electron chi connectivity index (χ2n) is 3.24. The number of carbonyl (C=O) groups is 1. The van der Waals surface area contributed by atoms with Crippen LogP contribution in [0.3, 0.4) is 0 Å². The summed E-state index contributed by atoms with van der Waals surface area (Å²) in [6.07, 6.45) is 0. The predicted octanol–water partition coefficient (Wildman–Crippen LogP) is 4.56. The molecular weight excluding hydrogens is 263 g/mol. The lowest BCUT2D eigenvalue weighted by atomic mass is 10.1. The minimum Gasteiger partial charge on any atom is -0.291 e. The lowest BCUT2D eigenvalue weighted by molar-refractivity contribution is 0.0991. The van der Waals surface area contributed by atoms with E-state index in [1.54, 1.807) is 12.1 Å². The molecule has 2 aromatic rings. The second kappa shape index (κ2) is 5.00. The van der Waals surface area contributed by atoms with Crippen LogP contribution in [0.25, 0.3) is 0 Å². The molecule has 0 saturated heterocycles. The van der Waals surface area contributed by atoms with Gasteiger partial charge in [0.2, 0.25) is 0 Å². The van der Waals surface area contributed by atoms with Crippen molar-refractivity contribution in [3.63, 3.8) is 0 Å². The van der Waals surface area contributed by atoms with E-state index in [-0.39, 0.29) is 5.78 Å².